The second-order valence-corrected chi connectivity index (χ2v) is 9.27. The van der Waals surface area contributed by atoms with Gasteiger partial charge in [-0.3, -0.25) is 4.79 Å². The zero-order valence-corrected chi connectivity index (χ0v) is 18.9. The number of phenolic OH excluding ortho intramolecular Hbond substituents is 1. The predicted octanol–water partition coefficient (Wildman–Crippen LogP) is 4.05. The molecule has 33 heavy (non-hydrogen) atoms. The van der Waals surface area contributed by atoms with Crippen LogP contribution >= 0.6 is 0 Å². The highest BCUT2D eigenvalue weighted by atomic mass is 32.2. The number of carboxylic acids is 1. The van der Waals surface area contributed by atoms with Crippen LogP contribution in [0.15, 0.2) is 64.6 Å². The van der Waals surface area contributed by atoms with Crippen LogP contribution in [0, 0.1) is 0 Å². The van der Waals surface area contributed by atoms with Gasteiger partial charge in [-0.05, 0) is 55.3 Å². The number of aromatic carboxylic acids is 1. The van der Waals surface area contributed by atoms with Crippen LogP contribution in [0.1, 0.15) is 52.1 Å². The molecule has 0 fully saturated rings. The summed E-state index contributed by atoms with van der Waals surface area (Å²) in [4.78, 5) is 26.7. The molecular formula is C24H23NO7S. The van der Waals surface area contributed by atoms with Gasteiger partial charge in [0.15, 0.2) is 10.8 Å². The lowest BCUT2D eigenvalue weighted by atomic mass is 10.0. The van der Waals surface area contributed by atoms with Crippen LogP contribution in [0.3, 0.4) is 0 Å². The van der Waals surface area contributed by atoms with Crippen molar-refractivity contribution in [3.8, 4) is 11.5 Å². The number of aromatic nitrogens is 1. The van der Waals surface area contributed by atoms with E-state index in [9.17, 15) is 23.1 Å². The van der Waals surface area contributed by atoms with Crippen molar-refractivity contribution in [2.24, 2.45) is 0 Å². The zero-order valence-electron chi connectivity index (χ0n) is 18.1. The van der Waals surface area contributed by atoms with Crippen molar-refractivity contribution in [2.45, 2.75) is 43.2 Å². The molecule has 3 rings (SSSR count). The number of carbonyl (C=O) groups is 2. The Kier molecular flexibility index (Phi) is 7.13. The average Bonchev–Trinajstić information content (AvgIpc) is 2.79. The van der Waals surface area contributed by atoms with Crippen LogP contribution in [0.5, 0.6) is 11.5 Å². The Bertz CT molecular complexity index is 1320. The Morgan fingerprint density at radius 1 is 1.09 bits per heavy atom. The lowest BCUT2D eigenvalue weighted by Crippen LogP contribution is -2.08. The molecule has 172 valence electrons. The molecular weight excluding hydrogens is 446 g/mol. The second kappa shape index (κ2) is 9.83. The lowest BCUT2D eigenvalue weighted by Gasteiger charge is -2.15. The van der Waals surface area contributed by atoms with E-state index in [0.29, 0.717) is 23.3 Å². The largest absolute Gasteiger partial charge is 0.507 e. The third-order valence-corrected chi connectivity index (χ3v) is 6.63. The van der Waals surface area contributed by atoms with E-state index in [2.05, 4.69) is 4.98 Å². The summed E-state index contributed by atoms with van der Waals surface area (Å²) in [5, 5.41) is 19.2. The number of aromatic hydroxyl groups is 1. The summed E-state index contributed by atoms with van der Waals surface area (Å²) < 4.78 is 31.8. The van der Waals surface area contributed by atoms with E-state index in [0.717, 1.165) is 18.7 Å². The van der Waals surface area contributed by atoms with Crippen molar-refractivity contribution in [3.63, 3.8) is 0 Å². The monoisotopic (exact) mass is 469 g/mol. The first-order valence-corrected chi connectivity index (χ1v) is 11.7. The number of ether oxygens (including phenoxy) is 1. The van der Waals surface area contributed by atoms with Crippen LogP contribution in [0.25, 0.3) is 0 Å². The maximum atomic E-state index is 13.0. The first kappa shape index (κ1) is 23.9. The van der Waals surface area contributed by atoms with Gasteiger partial charge in [0, 0.05) is 11.8 Å². The number of ketones is 1. The summed E-state index contributed by atoms with van der Waals surface area (Å²) in [5.41, 5.74) is 1.10. The van der Waals surface area contributed by atoms with Crippen molar-refractivity contribution < 1.29 is 33.0 Å². The molecule has 1 heterocycles. The van der Waals surface area contributed by atoms with E-state index in [1.807, 2.05) is 6.92 Å². The van der Waals surface area contributed by atoms with Crippen LogP contribution in [-0.4, -0.2) is 35.4 Å². The number of carboxylic acid groups (broad SMARTS) is 1. The van der Waals surface area contributed by atoms with Gasteiger partial charge in [-0.2, -0.15) is 0 Å². The third-order valence-electron chi connectivity index (χ3n) is 4.98. The van der Waals surface area contributed by atoms with Gasteiger partial charge >= 0.3 is 5.97 Å². The number of nitrogens with zero attached hydrogens (tertiary/aromatic N) is 1. The highest BCUT2D eigenvalue weighted by Gasteiger charge is 2.21. The van der Waals surface area contributed by atoms with Crippen LogP contribution in [0.2, 0.25) is 0 Å². The highest BCUT2D eigenvalue weighted by Crippen LogP contribution is 2.33. The molecule has 0 unspecified atom stereocenters. The number of Topliss-reactive ketones (excluding diaryl/α,β-unsaturated/α-hetero) is 1. The Hall–Kier alpha value is -3.72. The van der Waals surface area contributed by atoms with Crippen molar-refractivity contribution in [1.29, 1.82) is 0 Å². The fourth-order valence-corrected chi connectivity index (χ4v) is 4.59. The zero-order chi connectivity index (χ0) is 24.2. The van der Waals surface area contributed by atoms with Gasteiger partial charge in [-0.25, -0.2) is 18.2 Å². The maximum absolute atomic E-state index is 13.0. The van der Waals surface area contributed by atoms with E-state index < -0.39 is 15.8 Å². The van der Waals surface area contributed by atoms with Gasteiger partial charge in [0.2, 0.25) is 9.84 Å². The van der Waals surface area contributed by atoms with Gasteiger partial charge in [-0.15, -0.1) is 0 Å². The topological polar surface area (TPSA) is 131 Å². The van der Waals surface area contributed by atoms with E-state index in [1.54, 1.807) is 18.2 Å². The minimum atomic E-state index is -4.05. The summed E-state index contributed by atoms with van der Waals surface area (Å²) in [5.74, 6) is -1.21. The molecule has 0 spiro atoms. The Balaban J connectivity index is 1.88. The quantitative estimate of drug-likeness (QED) is 0.449. The molecule has 2 N–H and O–H groups in total. The van der Waals surface area contributed by atoms with Crippen LogP contribution in [-0.2, 0) is 22.9 Å². The van der Waals surface area contributed by atoms with Gasteiger partial charge < -0.3 is 14.9 Å². The molecule has 0 aliphatic carbocycles. The van der Waals surface area contributed by atoms with Gasteiger partial charge in [-0.1, -0.05) is 25.5 Å². The summed E-state index contributed by atoms with van der Waals surface area (Å²) in [7, 11) is -4.05. The van der Waals surface area contributed by atoms with E-state index in [1.165, 1.54) is 31.2 Å². The molecule has 0 amide bonds. The number of rotatable bonds is 9. The molecule has 9 heteroatoms. The number of sulfone groups is 1. The summed E-state index contributed by atoms with van der Waals surface area (Å²) in [6.07, 6.45) is 2.36. The molecule has 0 aliphatic rings. The third kappa shape index (κ3) is 5.20. The number of hydrogen-bond acceptors (Lipinski definition) is 7. The minimum Gasteiger partial charge on any atom is -0.507 e. The smallest absolute Gasteiger partial charge is 0.335 e. The Morgan fingerprint density at radius 2 is 1.85 bits per heavy atom. The van der Waals surface area contributed by atoms with Crippen molar-refractivity contribution in [2.75, 3.05) is 0 Å². The van der Waals surface area contributed by atoms with Crippen LogP contribution < -0.4 is 4.74 Å². The fourth-order valence-electron chi connectivity index (χ4n) is 3.30. The Morgan fingerprint density at radius 3 is 2.52 bits per heavy atom. The number of hydrogen-bond donors (Lipinski definition) is 2. The molecule has 1 aromatic heterocycles. The minimum absolute atomic E-state index is 0.0154. The lowest BCUT2D eigenvalue weighted by molar-refractivity contribution is 0.0696. The number of carbonyl (C=O) groups excluding carboxylic acids is 1. The van der Waals surface area contributed by atoms with Gasteiger partial charge in [0.05, 0.1) is 16.0 Å². The summed E-state index contributed by atoms with van der Waals surface area (Å²) in [6, 6.07) is 11.4. The average molecular weight is 470 g/mol. The van der Waals surface area contributed by atoms with E-state index in [-0.39, 0.29) is 39.2 Å². The second-order valence-electron chi connectivity index (χ2n) is 7.37. The molecule has 3 aromatic rings. The first-order chi connectivity index (χ1) is 15.6. The maximum Gasteiger partial charge on any atom is 0.335 e. The van der Waals surface area contributed by atoms with Gasteiger partial charge in [0.25, 0.3) is 0 Å². The molecule has 0 saturated heterocycles. The molecule has 8 nitrogen and oxygen atoms in total. The summed E-state index contributed by atoms with van der Waals surface area (Å²) in [6.45, 7) is 3.32. The molecule has 0 radical (unpaired) electrons. The normalized spacial score (nSPS) is 11.2. The molecule has 0 aliphatic heterocycles. The van der Waals surface area contributed by atoms with Gasteiger partial charge in [0.1, 0.15) is 18.1 Å². The summed E-state index contributed by atoms with van der Waals surface area (Å²) >= 11 is 0. The van der Waals surface area contributed by atoms with E-state index in [4.69, 9.17) is 9.84 Å². The molecule has 2 aromatic carbocycles. The van der Waals surface area contributed by atoms with E-state index >= 15 is 0 Å². The molecule has 0 atom stereocenters. The predicted molar refractivity (Wildman–Crippen MR) is 120 cm³/mol. The molecule has 0 saturated carbocycles. The number of pyridine rings is 1. The fraction of sp³-hybridized carbons (Fsp3) is 0.208. The molecule has 0 bridgehead atoms. The number of phenols is 1. The first-order valence-electron chi connectivity index (χ1n) is 10.2. The highest BCUT2D eigenvalue weighted by molar-refractivity contribution is 7.91. The standard InChI is InChI=1S/C24H23NO7S/c1-3-5-20-21(9-8-19(15(2)26)23(20)27)32-14-16-6-4-7-18(12-16)33(30,31)22-13-17(24(28)29)10-11-25-22/h4,6-13,27H,3,5,14H2,1-2H3,(H,28,29). The Labute approximate surface area is 191 Å². The SMILES string of the molecule is CCCc1c(OCc2cccc(S(=O)(=O)c3cc(C(=O)O)ccn3)c2)ccc(C(C)=O)c1O. The van der Waals surface area contributed by atoms with Crippen molar-refractivity contribution in [3.05, 3.63) is 77.0 Å². The van der Waals surface area contributed by atoms with Crippen molar-refractivity contribution in [1.82, 2.24) is 4.98 Å². The van der Waals surface area contributed by atoms with Crippen LogP contribution in [0.4, 0.5) is 0 Å². The number of benzene rings is 2. The van der Waals surface area contributed by atoms with Crippen molar-refractivity contribution >= 4 is 21.6 Å².